The van der Waals surface area contributed by atoms with Crippen molar-refractivity contribution >= 4 is 28.9 Å². The number of aromatic nitrogens is 2. The molecule has 0 radical (unpaired) electrons. The second kappa shape index (κ2) is 6.19. The van der Waals surface area contributed by atoms with Crippen LogP contribution >= 0.6 is 11.6 Å². The van der Waals surface area contributed by atoms with Gasteiger partial charge in [-0.05, 0) is 24.1 Å². The highest BCUT2D eigenvalue weighted by molar-refractivity contribution is 6.32. The van der Waals surface area contributed by atoms with Crippen molar-refractivity contribution in [1.82, 2.24) is 10.2 Å². The Labute approximate surface area is 132 Å². The number of aromatic amines is 1. The fourth-order valence-electron chi connectivity index (χ4n) is 2.42. The topological polar surface area (TPSA) is 78.1 Å². The minimum absolute atomic E-state index is 0.0919. The molecule has 0 spiro atoms. The number of carbonyl (C=O) groups is 1. The molecule has 0 atom stereocenters. The van der Waals surface area contributed by atoms with Crippen molar-refractivity contribution in [3.63, 3.8) is 0 Å². The van der Waals surface area contributed by atoms with Crippen LogP contribution in [0.15, 0.2) is 35.3 Å². The fraction of sp³-hybridized carbons (Fsp3) is 0.267. The predicted molar refractivity (Wildman–Crippen MR) is 85.2 cm³/mol. The minimum Gasteiger partial charge on any atom is -0.378 e. The number of nitrogens with zero attached hydrogens (tertiary/aromatic N) is 2. The van der Waals surface area contributed by atoms with Crippen molar-refractivity contribution in [3.05, 3.63) is 51.4 Å². The van der Waals surface area contributed by atoms with Gasteiger partial charge in [0.2, 0.25) is 5.91 Å². The van der Waals surface area contributed by atoms with Gasteiger partial charge >= 0.3 is 0 Å². The molecule has 0 aliphatic carbocycles. The Morgan fingerprint density at radius 1 is 1.27 bits per heavy atom. The third-order valence-electron chi connectivity index (χ3n) is 3.60. The van der Waals surface area contributed by atoms with E-state index in [1.54, 1.807) is 4.90 Å². The molecule has 0 unspecified atom stereocenters. The molecule has 0 bridgehead atoms. The van der Waals surface area contributed by atoms with Crippen LogP contribution in [0.1, 0.15) is 18.4 Å². The van der Waals surface area contributed by atoms with E-state index in [1.807, 2.05) is 24.3 Å². The SMILES string of the molecule is O=C1CCCN1c1ccc(CNc2cn[nH]c(=O)c2Cl)cc1. The van der Waals surface area contributed by atoms with Crippen molar-refractivity contribution in [2.45, 2.75) is 19.4 Å². The molecule has 2 heterocycles. The Kier molecular flexibility index (Phi) is 4.11. The zero-order chi connectivity index (χ0) is 15.5. The summed E-state index contributed by atoms with van der Waals surface area (Å²) in [5.74, 6) is 0.173. The summed E-state index contributed by atoms with van der Waals surface area (Å²) in [5, 5.41) is 9.13. The smallest absolute Gasteiger partial charge is 0.285 e. The monoisotopic (exact) mass is 318 g/mol. The number of nitrogens with one attached hydrogen (secondary N) is 2. The van der Waals surface area contributed by atoms with Gasteiger partial charge in [0.1, 0.15) is 5.02 Å². The molecule has 7 heteroatoms. The number of hydrogen-bond acceptors (Lipinski definition) is 4. The van der Waals surface area contributed by atoms with E-state index in [2.05, 4.69) is 15.5 Å². The number of H-pyrrole nitrogens is 1. The summed E-state index contributed by atoms with van der Waals surface area (Å²) in [6.07, 6.45) is 3.01. The normalized spacial score (nSPS) is 14.4. The molecule has 22 heavy (non-hydrogen) atoms. The second-order valence-electron chi connectivity index (χ2n) is 5.10. The average Bonchev–Trinajstić information content (AvgIpc) is 2.95. The van der Waals surface area contributed by atoms with Gasteiger partial charge in [-0.2, -0.15) is 5.10 Å². The molecule has 2 aromatic rings. The van der Waals surface area contributed by atoms with Crippen molar-refractivity contribution in [3.8, 4) is 0 Å². The van der Waals surface area contributed by atoms with E-state index in [9.17, 15) is 9.59 Å². The van der Waals surface area contributed by atoms with Gasteiger partial charge in [0.15, 0.2) is 0 Å². The summed E-state index contributed by atoms with van der Waals surface area (Å²) < 4.78 is 0. The quantitative estimate of drug-likeness (QED) is 0.905. The molecule has 3 rings (SSSR count). The van der Waals surface area contributed by atoms with Crippen LogP contribution in [0.25, 0.3) is 0 Å². The Morgan fingerprint density at radius 2 is 2.05 bits per heavy atom. The minimum atomic E-state index is -0.422. The lowest BCUT2D eigenvalue weighted by atomic mass is 10.2. The van der Waals surface area contributed by atoms with E-state index < -0.39 is 5.56 Å². The maximum Gasteiger partial charge on any atom is 0.285 e. The van der Waals surface area contributed by atoms with Crippen LogP contribution in [-0.2, 0) is 11.3 Å². The van der Waals surface area contributed by atoms with E-state index in [1.165, 1.54) is 6.20 Å². The first-order valence-electron chi connectivity index (χ1n) is 7.01. The molecule has 1 aliphatic rings. The number of amides is 1. The van der Waals surface area contributed by atoms with Gasteiger partial charge in [-0.1, -0.05) is 23.7 Å². The molecule has 1 aromatic carbocycles. The van der Waals surface area contributed by atoms with Gasteiger partial charge in [-0.15, -0.1) is 0 Å². The van der Waals surface area contributed by atoms with Gasteiger partial charge in [-0.25, -0.2) is 5.10 Å². The lowest BCUT2D eigenvalue weighted by molar-refractivity contribution is -0.117. The molecule has 1 aliphatic heterocycles. The Hall–Kier alpha value is -2.34. The Bertz CT molecular complexity index is 742. The maximum atomic E-state index is 11.7. The molecule has 1 fully saturated rings. The first-order chi connectivity index (χ1) is 10.6. The van der Waals surface area contributed by atoms with Crippen molar-refractivity contribution in [2.75, 3.05) is 16.8 Å². The number of carbonyl (C=O) groups excluding carboxylic acids is 1. The van der Waals surface area contributed by atoms with Crippen LogP contribution in [0.4, 0.5) is 11.4 Å². The highest BCUT2D eigenvalue weighted by Crippen LogP contribution is 2.22. The van der Waals surface area contributed by atoms with Crippen molar-refractivity contribution in [2.24, 2.45) is 0 Å². The maximum absolute atomic E-state index is 11.7. The van der Waals surface area contributed by atoms with Gasteiger partial charge in [0, 0.05) is 25.2 Å². The number of benzene rings is 1. The highest BCUT2D eigenvalue weighted by Gasteiger charge is 2.21. The van der Waals surface area contributed by atoms with E-state index >= 15 is 0 Å². The van der Waals surface area contributed by atoms with E-state index in [0.717, 1.165) is 24.2 Å². The van der Waals surface area contributed by atoms with E-state index in [0.29, 0.717) is 18.7 Å². The van der Waals surface area contributed by atoms with Crippen LogP contribution in [0, 0.1) is 0 Å². The second-order valence-corrected chi connectivity index (χ2v) is 5.47. The summed E-state index contributed by atoms with van der Waals surface area (Å²) in [4.78, 5) is 24.8. The van der Waals surface area contributed by atoms with Crippen LogP contribution in [0.2, 0.25) is 5.02 Å². The van der Waals surface area contributed by atoms with Crippen molar-refractivity contribution in [1.29, 1.82) is 0 Å². The summed E-state index contributed by atoms with van der Waals surface area (Å²) in [6, 6.07) is 7.75. The Morgan fingerprint density at radius 3 is 2.73 bits per heavy atom. The molecule has 1 aromatic heterocycles. The summed E-state index contributed by atoms with van der Waals surface area (Å²) >= 11 is 5.90. The predicted octanol–water partition coefficient (Wildman–Crippen LogP) is 2.16. The van der Waals surface area contributed by atoms with Crippen LogP contribution < -0.4 is 15.8 Å². The number of halogens is 1. The summed E-state index contributed by atoms with van der Waals surface area (Å²) in [7, 11) is 0. The van der Waals surface area contributed by atoms with Gasteiger partial charge in [0.25, 0.3) is 5.56 Å². The zero-order valence-corrected chi connectivity index (χ0v) is 12.6. The molecule has 1 amide bonds. The fourth-order valence-corrected chi connectivity index (χ4v) is 2.58. The first-order valence-corrected chi connectivity index (χ1v) is 7.39. The summed E-state index contributed by atoms with van der Waals surface area (Å²) in [6.45, 7) is 1.30. The van der Waals surface area contributed by atoms with E-state index in [-0.39, 0.29) is 10.9 Å². The molecular weight excluding hydrogens is 304 g/mol. The van der Waals surface area contributed by atoms with Gasteiger partial charge in [-0.3, -0.25) is 9.59 Å². The van der Waals surface area contributed by atoms with Crippen molar-refractivity contribution < 1.29 is 4.79 Å². The molecule has 114 valence electrons. The van der Waals surface area contributed by atoms with Crippen LogP contribution in [0.3, 0.4) is 0 Å². The van der Waals surface area contributed by atoms with Gasteiger partial charge in [0.05, 0.1) is 11.9 Å². The number of anilines is 2. The summed E-state index contributed by atoms with van der Waals surface area (Å²) in [5.41, 5.74) is 2.01. The lowest BCUT2D eigenvalue weighted by Crippen LogP contribution is -2.23. The number of rotatable bonds is 4. The third-order valence-corrected chi connectivity index (χ3v) is 3.98. The largest absolute Gasteiger partial charge is 0.378 e. The molecule has 2 N–H and O–H groups in total. The first kappa shape index (κ1) is 14.6. The highest BCUT2D eigenvalue weighted by atomic mass is 35.5. The Balaban J connectivity index is 1.67. The molecule has 0 saturated carbocycles. The zero-order valence-electron chi connectivity index (χ0n) is 11.8. The van der Waals surface area contributed by atoms with Crippen LogP contribution in [0.5, 0.6) is 0 Å². The molecule has 6 nitrogen and oxygen atoms in total. The molecular formula is C15H15ClN4O2. The van der Waals surface area contributed by atoms with Gasteiger partial charge < -0.3 is 10.2 Å². The third kappa shape index (κ3) is 2.96. The van der Waals surface area contributed by atoms with E-state index in [4.69, 9.17) is 11.6 Å². The average molecular weight is 319 g/mol. The van der Waals surface area contributed by atoms with Crippen LogP contribution in [-0.4, -0.2) is 22.6 Å². The molecule has 1 saturated heterocycles. The lowest BCUT2D eigenvalue weighted by Gasteiger charge is -2.16. The standard InChI is InChI=1S/C15H15ClN4O2/c16-14-12(9-18-19-15(14)22)17-8-10-3-5-11(6-4-10)20-7-1-2-13(20)21/h3-6,9H,1-2,7-8H2,(H2,17,19,22). The number of hydrogen-bond donors (Lipinski definition) is 2.